The summed E-state index contributed by atoms with van der Waals surface area (Å²) in [6, 6.07) is -0.470. The number of ether oxygens (including phenoxy) is 1. The number of aliphatic imine (C=N–C) groups is 1. The molecule has 0 bridgehead atoms. The van der Waals surface area contributed by atoms with E-state index in [0.29, 0.717) is 0 Å². The number of aliphatic hydroxyl groups excluding tert-OH is 3. The van der Waals surface area contributed by atoms with E-state index in [-0.39, 0.29) is 5.44 Å². The van der Waals surface area contributed by atoms with Gasteiger partial charge in [0.1, 0.15) is 29.8 Å². The van der Waals surface area contributed by atoms with Crippen molar-refractivity contribution in [3.63, 3.8) is 0 Å². The van der Waals surface area contributed by atoms with Crippen LogP contribution in [0.5, 0.6) is 0 Å². The first-order chi connectivity index (χ1) is 7.91. The molecule has 2 rings (SSSR count). The molecule has 2 aliphatic heterocycles. The second kappa shape index (κ2) is 4.74. The zero-order valence-corrected chi connectivity index (χ0v) is 10.8. The molecule has 0 aromatic carbocycles. The fourth-order valence-electron chi connectivity index (χ4n) is 1.99. The summed E-state index contributed by atoms with van der Waals surface area (Å²) in [6.07, 6.45) is -3.71. The van der Waals surface area contributed by atoms with E-state index in [9.17, 15) is 15.3 Å². The van der Waals surface area contributed by atoms with Crippen LogP contribution >= 0.6 is 11.8 Å². The van der Waals surface area contributed by atoms with E-state index >= 15 is 0 Å². The first-order valence-corrected chi connectivity index (χ1v) is 6.41. The Kier molecular flexibility index (Phi) is 3.65. The third-order valence-corrected chi connectivity index (χ3v) is 4.25. The highest BCUT2D eigenvalue weighted by Crippen LogP contribution is 2.37. The van der Waals surface area contributed by atoms with Gasteiger partial charge >= 0.3 is 0 Å². The number of aliphatic hydroxyl groups is 3. The number of nitrogens with zero attached hydrogens (tertiary/aromatic N) is 2. The van der Waals surface area contributed by atoms with Gasteiger partial charge in [-0.25, -0.2) is 0 Å². The topological polar surface area (TPSA) is 85.5 Å². The van der Waals surface area contributed by atoms with Crippen LogP contribution < -0.4 is 0 Å². The molecule has 2 aliphatic rings. The fraction of sp³-hybridized carbons (Fsp3) is 0.900. The molecule has 98 valence electrons. The van der Waals surface area contributed by atoms with E-state index in [0.717, 1.165) is 5.17 Å². The predicted molar refractivity (Wildman–Crippen MR) is 64.9 cm³/mol. The highest BCUT2D eigenvalue weighted by Gasteiger charge is 2.49. The summed E-state index contributed by atoms with van der Waals surface area (Å²) < 4.78 is 5.60. The van der Waals surface area contributed by atoms with Crippen molar-refractivity contribution in [3.8, 4) is 0 Å². The van der Waals surface area contributed by atoms with Gasteiger partial charge in [0.2, 0.25) is 0 Å². The van der Waals surface area contributed by atoms with Crippen molar-refractivity contribution in [2.45, 2.75) is 42.8 Å². The summed E-state index contributed by atoms with van der Waals surface area (Å²) in [4.78, 5) is 6.16. The first kappa shape index (κ1) is 13.1. The third-order valence-electron chi connectivity index (χ3n) is 2.95. The molecule has 17 heavy (non-hydrogen) atoms. The zero-order valence-electron chi connectivity index (χ0n) is 10.0. The zero-order chi connectivity index (χ0) is 12.7. The van der Waals surface area contributed by atoms with Crippen molar-refractivity contribution >= 4 is 16.9 Å². The summed E-state index contributed by atoms with van der Waals surface area (Å²) in [5, 5.41) is 30.1. The minimum absolute atomic E-state index is 0.342. The van der Waals surface area contributed by atoms with Gasteiger partial charge in [0.15, 0.2) is 5.17 Å². The molecule has 0 aliphatic carbocycles. The molecule has 0 amide bonds. The molecule has 0 aromatic rings. The lowest BCUT2D eigenvalue weighted by Crippen LogP contribution is -2.57. The molecule has 7 heteroatoms. The van der Waals surface area contributed by atoms with Gasteiger partial charge < -0.3 is 25.0 Å². The van der Waals surface area contributed by atoms with Crippen LogP contribution in [-0.4, -0.2) is 75.4 Å². The molecular weight excluding hydrogens is 244 g/mol. The Morgan fingerprint density at radius 3 is 2.53 bits per heavy atom. The Labute approximate surface area is 104 Å². The standard InChI is InChI=1S/C10H18N2O4S/c1-4(13)8-7(15)6(14)5-9(16-8)17-10(11-5)12(2)3/h4-9,13-15H,1-3H3/t4-,5+,6+,7-,8+,9+/m0/s1. The van der Waals surface area contributed by atoms with Gasteiger partial charge in [-0.05, 0) is 6.92 Å². The second-order valence-corrected chi connectivity index (χ2v) is 5.67. The molecule has 0 spiro atoms. The summed E-state index contributed by atoms with van der Waals surface area (Å²) in [5.74, 6) is 0. The molecule has 0 radical (unpaired) electrons. The maximum Gasteiger partial charge on any atom is 0.161 e. The monoisotopic (exact) mass is 262 g/mol. The first-order valence-electron chi connectivity index (χ1n) is 5.53. The van der Waals surface area contributed by atoms with Crippen LogP contribution in [0.4, 0.5) is 0 Å². The van der Waals surface area contributed by atoms with Crippen LogP contribution in [0.1, 0.15) is 6.92 Å². The third kappa shape index (κ3) is 2.30. The van der Waals surface area contributed by atoms with Crippen LogP contribution in [0.25, 0.3) is 0 Å². The maximum atomic E-state index is 9.99. The molecule has 6 nitrogen and oxygen atoms in total. The van der Waals surface area contributed by atoms with Crippen molar-refractivity contribution in [3.05, 3.63) is 0 Å². The van der Waals surface area contributed by atoms with Gasteiger partial charge in [-0.3, -0.25) is 4.99 Å². The normalized spacial score (nSPS) is 42.9. The van der Waals surface area contributed by atoms with Crippen LogP contribution in [0, 0.1) is 0 Å². The van der Waals surface area contributed by atoms with Gasteiger partial charge in [0, 0.05) is 14.1 Å². The molecule has 6 atom stereocenters. The van der Waals surface area contributed by atoms with Crippen LogP contribution in [0.2, 0.25) is 0 Å². The van der Waals surface area contributed by atoms with Crippen molar-refractivity contribution in [2.75, 3.05) is 14.1 Å². The molecule has 1 fully saturated rings. The Morgan fingerprint density at radius 1 is 1.35 bits per heavy atom. The highest BCUT2D eigenvalue weighted by molar-refractivity contribution is 8.14. The smallest absolute Gasteiger partial charge is 0.161 e. The maximum absolute atomic E-state index is 9.99. The number of amidine groups is 1. The van der Waals surface area contributed by atoms with Gasteiger partial charge in [-0.15, -0.1) is 0 Å². The average Bonchev–Trinajstić information content (AvgIpc) is 2.67. The lowest BCUT2D eigenvalue weighted by Gasteiger charge is -2.39. The summed E-state index contributed by atoms with van der Waals surface area (Å²) in [7, 11) is 3.72. The van der Waals surface area contributed by atoms with Crippen molar-refractivity contribution in [1.82, 2.24) is 4.90 Å². The highest BCUT2D eigenvalue weighted by atomic mass is 32.2. The van der Waals surface area contributed by atoms with Crippen molar-refractivity contribution in [2.24, 2.45) is 4.99 Å². The molecule has 0 aromatic heterocycles. The Balaban J connectivity index is 2.15. The second-order valence-electron chi connectivity index (χ2n) is 4.61. The van der Waals surface area contributed by atoms with Gasteiger partial charge in [-0.1, -0.05) is 11.8 Å². The van der Waals surface area contributed by atoms with E-state index in [2.05, 4.69) is 4.99 Å². The number of hydrogen-bond acceptors (Lipinski definition) is 7. The van der Waals surface area contributed by atoms with E-state index in [1.165, 1.54) is 18.7 Å². The number of thioether (sulfide) groups is 1. The molecule has 3 N–H and O–H groups in total. The van der Waals surface area contributed by atoms with Crippen LogP contribution in [-0.2, 0) is 4.74 Å². The molecule has 0 saturated carbocycles. The molecule has 2 heterocycles. The summed E-state index contributed by atoms with van der Waals surface area (Å²) in [6.45, 7) is 1.54. The SMILES string of the molecule is C[C@H](O)[C@H]1O[C@@H]2SC(N(C)C)=N[C@@H]2[C@@H](O)[C@@H]1O. The van der Waals surface area contributed by atoms with E-state index in [4.69, 9.17) is 4.74 Å². The average molecular weight is 262 g/mol. The molecular formula is C10H18N2O4S. The number of hydrogen-bond donors (Lipinski definition) is 3. The van der Waals surface area contributed by atoms with Gasteiger partial charge in [0.25, 0.3) is 0 Å². The summed E-state index contributed by atoms with van der Waals surface area (Å²) in [5.41, 5.74) is -0.342. The predicted octanol–water partition coefficient (Wildman–Crippen LogP) is -1.15. The van der Waals surface area contributed by atoms with E-state index in [1.54, 1.807) is 0 Å². The lowest BCUT2D eigenvalue weighted by atomic mass is 9.95. The minimum atomic E-state index is -1.11. The summed E-state index contributed by atoms with van der Waals surface area (Å²) >= 11 is 1.40. The minimum Gasteiger partial charge on any atom is -0.391 e. The van der Waals surface area contributed by atoms with E-state index < -0.39 is 30.5 Å². The molecule has 1 saturated heterocycles. The van der Waals surface area contributed by atoms with Gasteiger partial charge in [0.05, 0.1) is 6.10 Å². The Bertz CT molecular complexity index is 323. The Hall–Kier alpha value is -0.340. The van der Waals surface area contributed by atoms with Crippen molar-refractivity contribution in [1.29, 1.82) is 0 Å². The molecule has 0 unspecified atom stereocenters. The largest absolute Gasteiger partial charge is 0.391 e. The fourth-order valence-corrected chi connectivity index (χ4v) is 3.14. The van der Waals surface area contributed by atoms with Gasteiger partial charge in [-0.2, -0.15) is 0 Å². The van der Waals surface area contributed by atoms with Crippen LogP contribution in [0.3, 0.4) is 0 Å². The number of fused-ring (bicyclic) bond motifs is 1. The quantitative estimate of drug-likeness (QED) is 0.553. The lowest BCUT2D eigenvalue weighted by molar-refractivity contribution is -0.181. The number of rotatable bonds is 1. The van der Waals surface area contributed by atoms with Crippen molar-refractivity contribution < 1.29 is 20.1 Å². The van der Waals surface area contributed by atoms with Crippen LogP contribution in [0.15, 0.2) is 4.99 Å². The van der Waals surface area contributed by atoms with E-state index in [1.807, 2.05) is 19.0 Å². The Morgan fingerprint density at radius 2 is 2.00 bits per heavy atom.